The maximum Gasteiger partial charge on any atom is 0.310 e. The van der Waals surface area contributed by atoms with Crippen molar-refractivity contribution < 1.29 is 24.1 Å². The Labute approximate surface area is 172 Å². The van der Waals surface area contributed by atoms with E-state index in [1.54, 1.807) is 6.92 Å². The van der Waals surface area contributed by atoms with E-state index in [2.05, 4.69) is 0 Å². The van der Waals surface area contributed by atoms with Gasteiger partial charge in [0, 0.05) is 5.92 Å². The number of carbonyl (C=O) groups is 1. The summed E-state index contributed by atoms with van der Waals surface area (Å²) < 4.78 is 17.9. The number of carboxylic acids is 1. The molecule has 2 aromatic carbocycles. The van der Waals surface area contributed by atoms with Gasteiger partial charge in [0.2, 0.25) is 0 Å². The standard InChI is InChI=1S/C24H30O5/c1-23(2)28-16-20(21(29-23)17-27-15-19-12-8-5-9-13-19)24(3,22(25)26)14-18-10-6-4-7-11-18/h4-13,20-21H,14-17H2,1-3H3,(H,25,26). The Morgan fingerprint density at radius 2 is 1.69 bits per heavy atom. The van der Waals surface area contributed by atoms with E-state index in [9.17, 15) is 9.90 Å². The van der Waals surface area contributed by atoms with Crippen molar-refractivity contribution in [3.05, 3.63) is 71.8 Å². The van der Waals surface area contributed by atoms with Crippen molar-refractivity contribution in [2.45, 2.75) is 45.7 Å². The van der Waals surface area contributed by atoms with E-state index < -0.39 is 17.2 Å². The van der Waals surface area contributed by atoms with Crippen molar-refractivity contribution >= 4 is 5.97 Å². The summed E-state index contributed by atoms with van der Waals surface area (Å²) in [5.41, 5.74) is 1.00. The molecule has 5 nitrogen and oxygen atoms in total. The van der Waals surface area contributed by atoms with E-state index in [1.807, 2.05) is 74.5 Å². The zero-order valence-corrected chi connectivity index (χ0v) is 17.3. The van der Waals surface area contributed by atoms with Gasteiger partial charge in [-0.1, -0.05) is 60.7 Å². The lowest BCUT2D eigenvalue weighted by Crippen LogP contribution is -2.55. The summed E-state index contributed by atoms with van der Waals surface area (Å²) in [5.74, 6) is -1.97. The second kappa shape index (κ2) is 9.08. The van der Waals surface area contributed by atoms with Gasteiger partial charge in [-0.15, -0.1) is 0 Å². The number of benzene rings is 2. The van der Waals surface area contributed by atoms with Gasteiger partial charge in [-0.3, -0.25) is 4.79 Å². The predicted octanol–water partition coefficient (Wildman–Crippen LogP) is 4.30. The Morgan fingerprint density at radius 1 is 1.10 bits per heavy atom. The van der Waals surface area contributed by atoms with Crippen LogP contribution in [0.5, 0.6) is 0 Å². The molecule has 3 atom stereocenters. The number of ether oxygens (including phenoxy) is 3. The third kappa shape index (κ3) is 5.44. The molecule has 0 bridgehead atoms. The van der Waals surface area contributed by atoms with Crippen LogP contribution in [0.3, 0.4) is 0 Å². The molecule has 0 saturated carbocycles. The van der Waals surface area contributed by atoms with Crippen molar-refractivity contribution in [1.29, 1.82) is 0 Å². The summed E-state index contributed by atoms with van der Waals surface area (Å²) in [6, 6.07) is 19.6. The highest BCUT2D eigenvalue weighted by molar-refractivity contribution is 5.75. The lowest BCUT2D eigenvalue weighted by molar-refractivity contribution is -0.312. The third-order valence-corrected chi connectivity index (χ3v) is 5.61. The highest BCUT2D eigenvalue weighted by atomic mass is 16.7. The molecule has 0 radical (unpaired) electrons. The van der Waals surface area contributed by atoms with Crippen molar-refractivity contribution in [2.75, 3.05) is 13.2 Å². The van der Waals surface area contributed by atoms with Crippen LogP contribution in [-0.2, 0) is 32.0 Å². The fourth-order valence-corrected chi connectivity index (χ4v) is 3.88. The molecule has 1 aliphatic heterocycles. The van der Waals surface area contributed by atoms with Gasteiger partial charge in [-0.2, -0.15) is 0 Å². The van der Waals surface area contributed by atoms with Gasteiger partial charge in [0.1, 0.15) is 0 Å². The maximum atomic E-state index is 12.4. The first kappa shape index (κ1) is 21.5. The molecule has 0 aliphatic carbocycles. The molecule has 1 saturated heterocycles. The number of hydrogen-bond donors (Lipinski definition) is 1. The number of rotatable bonds is 8. The van der Waals surface area contributed by atoms with Crippen LogP contribution in [0, 0.1) is 11.3 Å². The minimum absolute atomic E-state index is 0.308. The second-order valence-corrected chi connectivity index (χ2v) is 8.36. The quantitative estimate of drug-likeness (QED) is 0.718. The molecule has 0 aromatic heterocycles. The minimum Gasteiger partial charge on any atom is -0.481 e. The summed E-state index contributed by atoms with van der Waals surface area (Å²) in [6.45, 7) is 6.55. The van der Waals surface area contributed by atoms with Crippen LogP contribution in [0.2, 0.25) is 0 Å². The average molecular weight is 398 g/mol. The van der Waals surface area contributed by atoms with Crippen LogP contribution in [0.1, 0.15) is 31.9 Å². The Balaban J connectivity index is 1.77. The fourth-order valence-electron chi connectivity index (χ4n) is 3.88. The molecule has 0 spiro atoms. The van der Waals surface area contributed by atoms with Crippen LogP contribution in [-0.4, -0.2) is 36.2 Å². The topological polar surface area (TPSA) is 65.0 Å². The lowest BCUT2D eigenvalue weighted by Gasteiger charge is -2.46. The van der Waals surface area contributed by atoms with Gasteiger partial charge in [-0.25, -0.2) is 0 Å². The second-order valence-electron chi connectivity index (χ2n) is 8.36. The molecule has 0 amide bonds. The first-order chi connectivity index (χ1) is 13.8. The minimum atomic E-state index is -1.04. The number of hydrogen-bond acceptors (Lipinski definition) is 4. The number of carboxylic acid groups (broad SMARTS) is 1. The summed E-state index contributed by atoms with van der Waals surface area (Å²) in [7, 11) is 0. The van der Waals surface area contributed by atoms with Crippen LogP contribution < -0.4 is 0 Å². The van der Waals surface area contributed by atoms with Crippen molar-refractivity contribution in [2.24, 2.45) is 11.3 Å². The van der Waals surface area contributed by atoms with E-state index in [-0.39, 0.29) is 12.0 Å². The van der Waals surface area contributed by atoms with Gasteiger partial charge < -0.3 is 19.3 Å². The SMILES string of the molecule is CC1(C)OCC(C(C)(Cc2ccccc2)C(=O)O)C(COCc2ccccc2)O1. The Morgan fingerprint density at radius 3 is 2.28 bits per heavy atom. The van der Waals surface area contributed by atoms with E-state index in [0.29, 0.717) is 26.2 Å². The summed E-state index contributed by atoms with van der Waals surface area (Å²) >= 11 is 0. The Bertz CT molecular complexity index is 789. The van der Waals surface area contributed by atoms with Gasteiger partial charge >= 0.3 is 5.97 Å². The van der Waals surface area contributed by atoms with Crippen LogP contribution in [0.25, 0.3) is 0 Å². The molecule has 29 heavy (non-hydrogen) atoms. The molecular weight excluding hydrogens is 368 g/mol. The van der Waals surface area contributed by atoms with Gasteiger partial charge in [0.15, 0.2) is 5.79 Å². The third-order valence-electron chi connectivity index (χ3n) is 5.61. The molecule has 1 aliphatic rings. The molecule has 5 heteroatoms. The van der Waals surface area contributed by atoms with Crippen LogP contribution >= 0.6 is 0 Å². The monoisotopic (exact) mass is 398 g/mol. The summed E-state index contributed by atoms with van der Waals surface area (Å²) in [4.78, 5) is 12.4. The van der Waals surface area contributed by atoms with Crippen LogP contribution in [0.15, 0.2) is 60.7 Å². The average Bonchev–Trinajstić information content (AvgIpc) is 2.69. The van der Waals surface area contributed by atoms with E-state index >= 15 is 0 Å². The molecule has 2 aromatic rings. The van der Waals surface area contributed by atoms with E-state index in [1.165, 1.54) is 0 Å². The molecule has 1 fully saturated rings. The highest BCUT2D eigenvalue weighted by Crippen LogP contribution is 2.40. The molecule has 3 unspecified atom stereocenters. The summed E-state index contributed by atoms with van der Waals surface area (Å²) in [6.07, 6.45) is 0.0168. The first-order valence-electron chi connectivity index (χ1n) is 10.0. The smallest absolute Gasteiger partial charge is 0.310 e. The van der Waals surface area contributed by atoms with E-state index in [4.69, 9.17) is 14.2 Å². The maximum absolute atomic E-state index is 12.4. The van der Waals surface area contributed by atoms with Crippen molar-refractivity contribution in [3.63, 3.8) is 0 Å². The zero-order valence-electron chi connectivity index (χ0n) is 17.3. The number of aliphatic carboxylic acids is 1. The van der Waals surface area contributed by atoms with Crippen molar-refractivity contribution in [1.82, 2.24) is 0 Å². The van der Waals surface area contributed by atoms with Crippen molar-refractivity contribution in [3.8, 4) is 0 Å². The Kier molecular flexibility index (Phi) is 6.73. The largest absolute Gasteiger partial charge is 0.481 e. The first-order valence-corrected chi connectivity index (χ1v) is 10.0. The fraction of sp³-hybridized carbons (Fsp3) is 0.458. The normalized spacial score (nSPS) is 23.3. The molecule has 156 valence electrons. The molecule has 3 rings (SSSR count). The Hall–Kier alpha value is -2.21. The molecular formula is C24H30O5. The summed E-state index contributed by atoms with van der Waals surface area (Å²) in [5, 5.41) is 10.1. The van der Waals surface area contributed by atoms with Gasteiger partial charge in [0.05, 0.1) is 31.3 Å². The highest BCUT2D eigenvalue weighted by Gasteiger charge is 2.50. The van der Waals surface area contributed by atoms with Gasteiger partial charge in [-0.05, 0) is 38.3 Å². The molecule has 1 N–H and O–H groups in total. The predicted molar refractivity (Wildman–Crippen MR) is 110 cm³/mol. The lowest BCUT2D eigenvalue weighted by atomic mass is 9.70. The van der Waals surface area contributed by atoms with Gasteiger partial charge in [0.25, 0.3) is 0 Å². The zero-order chi connectivity index (χ0) is 20.9. The van der Waals surface area contributed by atoms with Crippen LogP contribution in [0.4, 0.5) is 0 Å². The molecule has 1 heterocycles. The van der Waals surface area contributed by atoms with E-state index in [0.717, 1.165) is 11.1 Å².